The molecule has 1 saturated heterocycles. The number of thiazole rings is 1. The van der Waals surface area contributed by atoms with Crippen LogP contribution >= 0.6 is 11.3 Å². The van der Waals surface area contributed by atoms with E-state index in [1.54, 1.807) is 67.0 Å². The number of carbonyl (C=O) groups is 2. The highest BCUT2D eigenvalue weighted by Gasteiger charge is 2.17. The first-order valence-corrected chi connectivity index (χ1v) is 12.0. The molecule has 0 radical (unpaired) electrons. The average Bonchev–Trinajstić information content (AvgIpc) is 3.33. The highest BCUT2D eigenvalue weighted by molar-refractivity contribution is 7.22. The van der Waals surface area contributed by atoms with Gasteiger partial charge in [0.25, 0.3) is 11.8 Å². The number of aromatic nitrogens is 1. The summed E-state index contributed by atoms with van der Waals surface area (Å²) in [5.41, 5.74) is 2.82. The van der Waals surface area contributed by atoms with Crippen molar-refractivity contribution in [3.05, 3.63) is 77.9 Å². The fraction of sp³-hybridized carbons (Fsp3) is 0.192. The molecule has 0 bridgehead atoms. The number of anilines is 3. The molecule has 1 aliphatic rings. The lowest BCUT2D eigenvalue weighted by Gasteiger charge is -2.25. The Kier molecular flexibility index (Phi) is 6.60. The van der Waals surface area contributed by atoms with E-state index < -0.39 is 0 Å². The van der Waals surface area contributed by atoms with Gasteiger partial charge in [0.1, 0.15) is 5.75 Å². The lowest BCUT2D eigenvalue weighted by molar-refractivity contribution is 0.102. The van der Waals surface area contributed by atoms with Crippen molar-refractivity contribution in [3.63, 3.8) is 0 Å². The molecule has 178 valence electrons. The number of para-hydroxylation sites is 1. The highest BCUT2D eigenvalue weighted by Crippen LogP contribution is 2.31. The van der Waals surface area contributed by atoms with Gasteiger partial charge in [-0.05, 0) is 54.6 Å². The number of amides is 2. The average molecular weight is 489 g/mol. The van der Waals surface area contributed by atoms with Gasteiger partial charge >= 0.3 is 0 Å². The van der Waals surface area contributed by atoms with Gasteiger partial charge in [-0.15, -0.1) is 0 Å². The minimum atomic E-state index is -0.312. The molecule has 0 saturated carbocycles. The van der Waals surface area contributed by atoms with Crippen LogP contribution in [0.15, 0.2) is 66.7 Å². The molecule has 0 atom stereocenters. The first-order valence-electron chi connectivity index (χ1n) is 11.2. The monoisotopic (exact) mass is 488 g/mol. The van der Waals surface area contributed by atoms with E-state index in [4.69, 9.17) is 14.5 Å². The maximum atomic E-state index is 13.1. The molecule has 1 fully saturated rings. The molecule has 2 amide bonds. The van der Waals surface area contributed by atoms with E-state index in [-0.39, 0.29) is 11.8 Å². The van der Waals surface area contributed by atoms with Gasteiger partial charge in [0.15, 0.2) is 5.13 Å². The van der Waals surface area contributed by atoms with E-state index in [1.165, 1.54) is 0 Å². The number of morpholine rings is 1. The van der Waals surface area contributed by atoms with Crippen LogP contribution in [-0.4, -0.2) is 50.2 Å². The van der Waals surface area contributed by atoms with E-state index in [2.05, 4.69) is 15.5 Å². The molecule has 5 rings (SSSR count). The van der Waals surface area contributed by atoms with Crippen molar-refractivity contribution >= 4 is 49.9 Å². The largest absolute Gasteiger partial charge is 0.497 e. The van der Waals surface area contributed by atoms with Crippen molar-refractivity contribution in [1.82, 2.24) is 4.98 Å². The first-order chi connectivity index (χ1) is 17.1. The van der Waals surface area contributed by atoms with E-state index in [1.807, 2.05) is 18.2 Å². The van der Waals surface area contributed by atoms with Crippen molar-refractivity contribution in [3.8, 4) is 5.75 Å². The van der Waals surface area contributed by atoms with Crippen LogP contribution < -0.4 is 20.3 Å². The summed E-state index contributed by atoms with van der Waals surface area (Å²) in [5, 5.41) is 6.74. The number of rotatable bonds is 6. The molecule has 1 aliphatic heterocycles. The number of nitrogens with zero attached hydrogens (tertiary/aromatic N) is 2. The van der Waals surface area contributed by atoms with Gasteiger partial charge < -0.3 is 25.0 Å². The number of benzene rings is 3. The van der Waals surface area contributed by atoms with Gasteiger partial charge in [0.05, 0.1) is 41.8 Å². The summed E-state index contributed by atoms with van der Waals surface area (Å²) in [6.45, 7) is 3.04. The number of methoxy groups -OCH3 is 1. The van der Waals surface area contributed by atoms with Crippen molar-refractivity contribution in [2.24, 2.45) is 0 Å². The summed E-state index contributed by atoms with van der Waals surface area (Å²) >= 11 is 1.59. The summed E-state index contributed by atoms with van der Waals surface area (Å²) in [5.74, 6) is 0.0406. The molecule has 2 heterocycles. The van der Waals surface area contributed by atoms with Crippen LogP contribution in [0.4, 0.5) is 16.5 Å². The third-order valence-corrected chi connectivity index (χ3v) is 6.77. The Morgan fingerprint density at radius 1 is 0.971 bits per heavy atom. The first kappa shape index (κ1) is 22.8. The van der Waals surface area contributed by atoms with Crippen molar-refractivity contribution < 1.29 is 19.1 Å². The summed E-state index contributed by atoms with van der Waals surface area (Å²) in [7, 11) is 1.57. The maximum Gasteiger partial charge on any atom is 0.257 e. The second-order valence-corrected chi connectivity index (χ2v) is 8.97. The third kappa shape index (κ3) is 5.11. The minimum Gasteiger partial charge on any atom is -0.497 e. The predicted octanol–water partition coefficient (Wildman–Crippen LogP) is 4.65. The second kappa shape index (κ2) is 10.1. The number of hydrogen-bond acceptors (Lipinski definition) is 7. The van der Waals surface area contributed by atoms with Crippen molar-refractivity contribution in [2.75, 3.05) is 48.9 Å². The molecule has 0 unspecified atom stereocenters. The van der Waals surface area contributed by atoms with Gasteiger partial charge in [-0.1, -0.05) is 23.5 Å². The predicted molar refractivity (Wildman–Crippen MR) is 138 cm³/mol. The fourth-order valence-electron chi connectivity index (χ4n) is 3.81. The summed E-state index contributed by atoms with van der Waals surface area (Å²) in [6, 6.07) is 19.4. The molecule has 3 aromatic carbocycles. The van der Waals surface area contributed by atoms with Gasteiger partial charge in [0.2, 0.25) is 0 Å². The van der Waals surface area contributed by atoms with E-state index >= 15 is 0 Å². The number of carbonyl (C=O) groups excluding carboxylic acids is 2. The fourth-order valence-corrected chi connectivity index (χ4v) is 4.86. The van der Waals surface area contributed by atoms with Crippen molar-refractivity contribution in [1.29, 1.82) is 0 Å². The molecule has 2 N–H and O–H groups in total. The normalized spacial score (nSPS) is 13.5. The van der Waals surface area contributed by atoms with Crippen LogP contribution in [0.5, 0.6) is 5.75 Å². The van der Waals surface area contributed by atoms with Gasteiger partial charge in [0, 0.05) is 24.3 Å². The third-order valence-electron chi connectivity index (χ3n) is 5.69. The summed E-state index contributed by atoms with van der Waals surface area (Å²) in [6.07, 6.45) is 0. The quantitative estimate of drug-likeness (QED) is 0.411. The summed E-state index contributed by atoms with van der Waals surface area (Å²) in [4.78, 5) is 32.8. The van der Waals surface area contributed by atoms with E-state index in [0.29, 0.717) is 41.5 Å². The Labute approximate surface area is 206 Å². The zero-order chi connectivity index (χ0) is 24.2. The Bertz CT molecular complexity index is 1360. The van der Waals surface area contributed by atoms with Crippen LogP contribution in [-0.2, 0) is 4.74 Å². The topological polar surface area (TPSA) is 92.8 Å². The second-order valence-electron chi connectivity index (χ2n) is 7.96. The molecular weight excluding hydrogens is 464 g/mol. The number of nitrogens with one attached hydrogen (secondary N) is 2. The standard InChI is InChI=1S/C26H24N4O4S/c1-33-19-9-6-17(7-10-19)24(31)28-21-5-3-2-4-20(21)25(32)27-18-8-11-22-23(16-18)35-26(29-22)30-12-14-34-15-13-30/h2-11,16H,12-15H2,1H3,(H,27,32)(H,28,31). The highest BCUT2D eigenvalue weighted by atomic mass is 32.1. The van der Waals surface area contributed by atoms with Gasteiger partial charge in [-0.2, -0.15) is 0 Å². The van der Waals surface area contributed by atoms with E-state index in [0.717, 1.165) is 28.4 Å². The van der Waals surface area contributed by atoms with Crippen molar-refractivity contribution in [2.45, 2.75) is 0 Å². The minimum absolute atomic E-state index is 0.311. The Balaban J connectivity index is 1.32. The SMILES string of the molecule is COc1ccc(C(=O)Nc2ccccc2C(=O)Nc2ccc3nc(N4CCOCC4)sc3c2)cc1. The molecular formula is C26H24N4O4S. The Morgan fingerprint density at radius 3 is 2.51 bits per heavy atom. The molecule has 0 aliphatic carbocycles. The van der Waals surface area contributed by atoms with Crippen LogP contribution in [0, 0.1) is 0 Å². The van der Waals surface area contributed by atoms with E-state index in [9.17, 15) is 9.59 Å². The van der Waals surface area contributed by atoms with Gasteiger partial charge in [-0.3, -0.25) is 9.59 Å². The molecule has 35 heavy (non-hydrogen) atoms. The molecule has 9 heteroatoms. The molecule has 8 nitrogen and oxygen atoms in total. The Hall–Kier alpha value is -3.95. The maximum absolute atomic E-state index is 13.1. The van der Waals surface area contributed by atoms with Crippen LogP contribution in [0.25, 0.3) is 10.2 Å². The number of hydrogen-bond donors (Lipinski definition) is 2. The Morgan fingerprint density at radius 2 is 1.74 bits per heavy atom. The smallest absolute Gasteiger partial charge is 0.257 e. The van der Waals surface area contributed by atoms with Crippen LogP contribution in [0.1, 0.15) is 20.7 Å². The lowest BCUT2D eigenvalue weighted by atomic mass is 10.1. The summed E-state index contributed by atoms with van der Waals surface area (Å²) < 4.78 is 11.6. The zero-order valence-electron chi connectivity index (χ0n) is 19.1. The number of ether oxygens (including phenoxy) is 2. The zero-order valence-corrected chi connectivity index (χ0v) is 19.9. The number of fused-ring (bicyclic) bond motifs is 1. The van der Waals surface area contributed by atoms with Gasteiger partial charge in [-0.25, -0.2) is 4.98 Å². The lowest BCUT2D eigenvalue weighted by Crippen LogP contribution is -2.36. The molecule has 0 spiro atoms. The van der Waals surface area contributed by atoms with Crippen LogP contribution in [0.3, 0.4) is 0 Å². The molecule has 4 aromatic rings. The van der Waals surface area contributed by atoms with Crippen LogP contribution in [0.2, 0.25) is 0 Å². The molecule has 1 aromatic heterocycles.